The molecule has 0 radical (unpaired) electrons. The lowest BCUT2D eigenvalue weighted by molar-refractivity contribution is 0.0974. The third-order valence-corrected chi connectivity index (χ3v) is 5.49. The Morgan fingerprint density at radius 1 is 1.16 bits per heavy atom. The predicted molar refractivity (Wildman–Crippen MR) is 105 cm³/mol. The molecule has 2 aromatic rings. The first-order chi connectivity index (χ1) is 12.0. The van der Waals surface area contributed by atoms with Gasteiger partial charge in [-0.25, -0.2) is 4.68 Å². The van der Waals surface area contributed by atoms with Gasteiger partial charge in [-0.2, -0.15) is 0 Å². The zero-order chi connectivity index (χ0) is 17.8. The molecule has 0 spiro atoms. The summed E-state index contributed by atoms with van der Waals surface area (Å²) in [4.78, 5) is 4.85. The van der Waals surface area contributed by atoms with E-state index in [1.165, 1.54) is 16.9 Å². The summed E-state index contributed by atoms with van der Waals surface area (Å²) < 4.78 is 8.27. The summed E-state index contributed by atoms with van der Waals surface area (Å²) in [5.74, 6) is 0. The van der Waals surface area contributed by atoms with E-state index in [0.29, 0.717) is 5.19 Å². The van der Waals surface area contributed by atoms with Gasteiger partial charge in [0.1, 0.15) is 0 Å². The number of halogens is 1. The summed E-state index contributed by atoms with van der Waals surface area (Å²) in [5.41, 5.74) is 1.30. The molecule has 0 atom stereocenters. The van der Waals surface area contributed by atoms with Crippen molar-refractivity contribution in [3.05, 3.63) is 38.8 Å². The summed E-state index contributed by atoms with van der Waals surface area (Å²) in [6.07, 6.45) is 0.116. The fraction of sp³-hybridized carbons (Fsp3) is 0.529. The van der Waals surface area contributed by atoms with Gasteiger partial charge in [0.2, 0.25) is 0 Å². The Kier molecular flexibility index (Phi) is 6.46. The number of benzene rings is 1. The molecule has 0 amide bonds. The first kappa shape index (κ1) is 18.8. The van der Waals surface area contributed by atoms with Crippen LogP contribution < -0.4 is 4.74 Å². The molecular formula is C17H23ClN4OS2. The molecule has 25 heavy (non-hydrogen) atoms. The van der Waals surface area contributed by atoms with Crippen LogP contribution in [0.5, 0.6) is 5.19 Å². The number of rotatable bonds is 6. The van der Waals surface area contributed by atoms with E-state index in [0.717, 1.165) is 48.4 Å². The van der Waals surface area contributed by atoms with Gasteiger partial charge in [0.05, 0.1) is 12.8 Å². The molecular weight excluding hydrogens is 376 g/mol. The fourth-order valence-corrected chi connectivity index (χ4v) is 3.92. The van der Waals surface area contributed by atoms with Crippen LogP contribution in [0.15, 0.2) is 24.3 Å². The van der Waals surface area contributed by atoms with E-state index in [9.17, 15) is 0 Å². The summed E-state index contributed by atoms with van der Waals surface area (Å²) >= 11 is 12.8. The highest BCUT2D eigenvalue weighted by atomic mass is 35.5. The Balaban J connectivity index is 1.50. The second-order valence-electron chi connectivity index (χ2n) is 6.46. The molecule has 0 aliphatic carbocycles. The van der Waals surface area contributed by atoms with Crippen LogP contribution in [-0.2, 0) is 13.2 Å². The molecule has 0 N–H and O–H groups in total. The van der Waals surface area contributed by atoms with Gasteiger partial charge >= 0.3 is 0 Å². The van der Waals surface area contributed by atoms with Gasteiger partial charge < -0.3 is 4.74 Å². The SMILES string of the molecule is CC(C)Oc1nn(CN2CCN(Cc3ccc(Cl)cc3)CC2)c(=S)s1. The number of piperazine rings is 1. The quantitative estimate of drug-likeness (QED) is 0.689. The Morgan fingerprint density at radius 2 is 1.80 bits per heavy atom. The van der Waals surface area contributed by atoms with E-state index in [4.69, 9.17) is 28.6 Å². The van der Waals surface area contributed by atoms with Gasteiger partial charge in [0, 0.05) is 37.7 Å². The molecule has 1 aromatic heterocycles. The van der Waals surface area contributed by atoms with Gasteiger partial charge in [-0.05, 0) is 55.1 Å². The predicted octanol–water partition coefficient (Wildman–Crippen LogP) is 3.89. The van der Waals surface area contributed by atoms with Gasteiger partial charge in [-0.15, -0.1) is 5.10 Å². The van der Waals surface area contributed by atoms with Gasteiger partial charge in [-0.3, -0.25) is 9.80 Å². The van der Waals surface area contributed by atoms with Crippen molar-refractivity contribution in [2.75, 3.05) is 26.2 Å². The Morgan fingerprint density at radius 3 is 2.44 bits per heavy atom. The van der Waals surface area contributed by atoms with Crippen LogP contribution in [-0.4, -0.2) is 51.9 Å². The molecule has 136 valence electrons. The van der Waals surface area contributed by atoms with Crippen LogP contribution in [0.25, 0.3) is 0 Å². The van der Waals surface area contributed by atoms with Crippen molar-refractivity contribution in [3.8, 4) is 5.19 Å². The highest BCUT2D eigenvalue weighted by Crippen LogP contribution is 2.19. The Labute approximate surface area is 162 Å². The lowest BCUT2D eigenvalue weighted by atomic mass is 10.2. The average Bonchev–Trinajstić information content (AvgIpc) is 2.90. The lowest BCUT2D eigenvalue weighted by Gasteiger charge is -2.34. The minimum Gasteiger partial charge on any atom is -0.466 e. The molecule has 0 saturated carbocycles. The Hall–Kier alpha value is -0.990. The summed E-state index contributed by atoms with van der Waals surface area (Å²) in [6, 6.07) is 8.10. The van der Waals surface area contributed by atoms with E-state index >= 15 is 0 Å². The smallest absolute Gasteiger partial charge is 0.293 e. The summed E-state index contributed by atoms with van der Waals surface area (Å²) in [7, 11) is 0. The lowest BCUT2D eigenvalue weighted by Crippen LogP contribution is -2.46. The van der Waals surface area contributed by atoms with Crippen molar-refractivity contribution in [2.45, 2.75) is 33.2 Å². The van der Waals surface area contributed by atoms with Gasteiger partial charge in [0.15, 0.2) is 3.95 Å². The third kappa shape index (κ3) is 5.49. The van der Waals surface area contributed by atoms with Crippen LogP contribution in [0.2, 0.25) is 5.02 Å². The van der Waals surface area contributed by atoms with Crippen LogP contribution in [0.3, 0.4) is 0 Å². The molecule has 1 aliphatic heterocycles. The van der Waals surface area contributed by atoms with E-state index in [1.807, 2.05) is 30.7 Å². The largest absolute Gasteiger partial charge is 0.466 e. The fourth-order valence-electron chi connectivity index (χ4n) is 2.75. The minimum atomic E-state index is 0.116. The molecule has 2 heterocycles. The molecule has 5 nitrogen and oxygen atoms in total. The van der Waals surface area contributed by atoms with Crippen molar-refractivity contribution in [3.63, 3.8) is 0 Å². The van der Waals surface area contributed by atoms with E-state index < -0.39 is 0 Å². The van der Waals surface area contributed by atoms with E-state index in [-0.39, 0.29) is 6.10 Å². The molecule has 1 fully saturated rings. The number of aromatic nitrogens is 2. The summed E-state index contributed by atoms with van der Waals surface area (Å²) in [6.45, 7) is 9.77. The van der Waals surface area contributed by atoms with Crippen LogP contribution >= 0.6 is 35.2 Å². The maximum atomic E-state index is 5.95. The van der Waals surface area contributed by atoms with Crippen LogP contribution in [0.4, 0.5) is 0 Å². The van der Waals surface area contributed by atoms with Crippen molar-refractivity contribution in [2.24, 2.45) is 0 Å². The number of hydrogen-bond acceptors (Lipinski definition) is 6. The highest BCUT2D eigenvalue weighted by Gasteiger charge is 2.18. The van der Waals surface area contributed by atoms with Crippen LogP contribution in [0, 0.1) is 3.95 Å². The first-order valence-electron chi connectivity index (χ1n) is 8.43. The van der Waals surface area contributed by atoms with Crippen molar-refractivity contribution in [1.29, 1.82) is 0 Å². The molecule has 1 aromatic carbocycles. The highest BCUT2D eigenvalue weighted by molar-refractivity contribution is 7.73. The Bertz CT molecular complexity index is 736. The monoisotopic (exact) mass is 398 g/mol. The van der Waals surface area contributed by atoms with E-state index in [1.54, 1.807) is 0 Å². The second kappa shape index (κ2) is 8.60. The molecule has 8 heteroatoms. The average molecular weight is 399 g/mol. The zero-order valence-corrected chi connectivity index (χ0v) is 16.9. The van der Waals surface area contributed by atoms with Gasteiger partial charge in [-0.1, -0.05) is 23.7 Å². The summed E-state index contributed by atoms with van der Waals surface area (Å²) in [5, 5.41) is 5.92. The maximum Gasteiger partial charge on any atom is 0.293 e. The van der Waals surface area contributed by atoms with Crippen LogP contribution in [0.1, 0.15) is 19.4 Å². The second-order valence-corrected chi connectivity index (χ2v) is 8.48. The number of nitrogens with zero attached hydrogens (tertiary/aromatic N) is 4. The van der Waals surface area contributed by atoms with Crippen molar-refractivity contribution in [1.82, 2.24) is 19.6 Å². The molecule has 0 bridgehead atoms. The maximum absolute atomic E-state index is 5.95. The van der Waals surface area contributed by atoms with Gasteiger partial charge in [0.25, 0.3) is 5.19 Å². The van der Waals surface area contributed by atoms with E-state index in [2.05, 4.69) is 27.0 Å². The standard InChI is InChI=1S/C17H23ClN4OS2/c1-13(2)23-16-19-22(17(24)25-16)12-21-9-7-20(8-10-21)11-14-3-5-15(18)6-4-14/h3-6,13H,7-12H2,1-2H3. The number of hydrogen-bond donors (Lipinski definition) is 0. The number of ether oxygens (including phenoxy) is 1. The third-order valence-electron chi connectivity index (χ3n) is 4.04. The molecule has 0 unspecified atom stereocenters. The molecule has 1 aliphatic rings. The van der Waals surface area contributed by atoms with Crippen molar-refractivity contribution >= 4 is 35.2 Å². The zero-order valence-electron chi connectivity index (χ0n) is 14.5. The molecule has 3 rings (SSSR count). The molecule has 1 saturated heterocycles. The first-order valence-corrected chi connectivity index (χ1v) is 10.0. The van der Waals surface area contributed by atoms with Crippen molar-refractivity contribution < 1.29 is 4.74 Å². The minimum absolute atomic E-state index is 0.116. The topological polar surface area (TPSA) is 33.5 Å². The normalized spacial score (nSPS) is 16.5.